The van der Waals surface area contributed by atoms with Crippen molar-refractivity contribution in [3.63, 3.8) is 0 Å². The molecule has 0 bridgehead atoms. The van der Waals surface area contributed by atoms with Gasteiger partial charge in [0.15, 0.2) is 0 Å². The number of amides is 1. The van der Waals surface area contributed by atoms with Crippen molar-refractivity contribution in [1.82, 2.24) is 5.32 Å². The molecule has 2 unspecified atom stereocenters. The fraction of sp³-hybridized carbons (Fsp3) is 0.941. The predicted molar refractivity (Wildman–Crippen MR) is 324 cm³/mol. The Balaban J connectivity index is 3.30. The number of hydrogen-bond acceptors (Lipinski definition) is 5. The number of aliphatic hydroxyl groups excluding tert-OH is 2. The molecular formula is C68H133NO5. The van der Waals surface area contributed by atoms with Crippen molar-refractivity contribution in [3.8, 4) is 0 Å². The molecule has 0 rings (SSSR count). The van der Waals surface area contributed by atoms with Crippen LogP contribution in [-0.2, 0) is 14.3 Å². The zero-order chi connectivity index (χ0) is 53.6. The van der Waals surface area contributed by atoms with Gasteiger partial charge in [-0.05, 0) is 51.4 Å². The van der Waals surface area contributed by atoms with Crippen LogP contribution < -0.4 is 5.32 Å². The molecule has 0 aliphatic carbocycles. The largest absolute Gasteiger partial charge is 0.466 e. The molecular weight excluding hydrogens is 911 g/mol. The molecule has 0 fully saturated rings. The van der Waals surface area contributed by atoms with Gasteiger partial charge in [0.05, 0.1) is 25.4 Å². The summed E-state index contributed by atoms with van der Waals surface area (Å²) in [7, 11) is 0. The second-order valence-electron chi connectivity index (χ2n) is 23.5. The molecule has 0 aromatic heterocycles. The molecule has 440 valence electrons. The van der Waals surface area contributed by atoms with E-state index >= 15 is 0 Å². The fourth-order valence-corrected chi connectivity index (χ4v) is 10.9. The van der Waals surface area contributed by atoms with Crippen molar-refractivity contribution >= 4 is 11.9 Å². The summed E-state index contributed by atoms with van der Waals surface area (Å²) in [5, 5.41) is 23.2. The lowest BCUT2D eigenvalue weighted by atomic mass is 10.0. The number of rotatable bonds is 64. The van der Waals surface area contributed by atoms with Crippen molar-refractivity contribution in [2.24, 2.45) is 0 Å². The highest BCUT2D eigenvalue weighted by atomic mass is 16.5. The van der Waals surface area contributed by atoms with Crippen LogP contribution in [0.3, 0.4) is 0 Å². The van der Waals surface area contributed by atoms with Gasteiger partial charge in [0.25, 0.3) is 0 Å². The van der Waals surface area contributed by atoms with Gasteiger partial charge in [0.1, 0.15) is 0 Å². The van der Waals surface area contributed by atoms with Crippen LogP contribution in [0.1, 0.15) is 386 Å². The third kappa shape index (κ3) is 59.8. The van der Waals surface area contributed by atoms with E-state index < -0.39 is 12.1 Å². The monoisotopic (exact) mass is 1040 g/mol. The minimum Gasteiger partial charge on any atom is -0.466 e. The molecule has 0 radical (unpaired) electrons. The van der Waals surface area contributed by atoms with Gasteiger partial charge in [0, 0.05) is 12.8 Å². The molecule has 1 amide bonds. The Bertz CT molecular complexity index is 1110. The topological polar surface area (TPSA) is 95.9 Å². The molecule has 0 aromatic carbocycles. The van der Waals surface area contributed by atoms with E-state index in [4.69, 9.17) is 4.74 Å². The Morgan fingerprint density at radius 3 is 0.959 bits per heavy atom. The Morgan fingerprint density at radius 1 is 0.365 bits per heavy atom. The van der Waals surface area contributed by atoms with Crippen molar-refractivity contribution in [2.75, 3.05) is 13.2 Å². The van der Waals surface area contributed by atoms with E-state index in [0.717, 1.165) is 38.5 Å². The number of nitrogens with one attached hydrogen (secondary N) is 1. The molecule has 2 atom stereocenters. The van der Waals surface area contributed by atoms with Crippen LogP contribution in [0, 0.1) is 0 Å². The molecule has 0 aromatic rings. The number of ether oxygens (including phenoxy) is 1. The number of aliphatic hydroxyl groups is 2. The van der Waals surface area contributed by atoms with Gasteiger partial charge in [0.2, 0.25) is 5.91 Å². The van der Waals surface area contributed by atoms with Crippen molar-refractivity contribution < 1.29 is 24.5 Å². The molecule has 0 saturated carbocycles. The van der Waals surface area contributed by atoms with E-state index in [-0.39, 0.29) is 18.5 Å². The first-order chi connectivity index (χ1) is 36.5. The Labute approximate surface area is 463 Å². The van der Waals surface area contributed by atoms with Crippen molar-refractivity contribution in [3.05, 3.63) is 12.2 Å². The van der Waals surface area contributed by atoms with Crippen molar-refractivity contribution in [2.45, 2.75) is 398 Å². The lowest BCUT2D eigenvalue weighted by Crippen LogP contribution is -2.45. The first-order valence-electron chi connectivity index (χ1n) is 33.9. The summed E-state index contributed by atoms with van der Waals surface area (Å²) in [6, 6.07) is -0.536. The predicted octanol–water partition coefficient (Wildman–Crippen LogP) is 21.6. The third-order valence-corrected chi connectivity index (χ3v) is 16.1. The summed E-state index contributed by atoms with van der Waals surface area (Å²) in [4.78, 5) is 24.5. The maximum Gasteiger partial charge on any atom is 0.305 e. The van der Waals surface area contributed by atoms with Gasteiger partial charge in [-0.3, -0.25) is 9.59 Å². The summed E-state index contributed by atoms with van der Waals surface area (Å²) in [5.74, 6) is -0.00958. The van der Waals surface area contributed by atoms with Gasteiger partial charge in [-0.15, -0.1) is 0 Å². The molecule has 6 nitrogen and oxygen atoms in total. The standard InChI is InChI=1S/C68H133NO5/c1-3-5-7-9-11-13-15-42-46-50-54-58-62-68(73)74-63-59-55-51-47-43-40-38-36-34-32-30-28-26-24-22-20-18-16-17-19-21-23-25-27-29-31-33-35-37-39-41-45-49-53-57-61-67(72)69-65(64-70)66(71)60-56-52-48-44-14-12-10-8-6-4-2/h18,20,65-66,70-71H,3-17,19,21-64H2,1-2H3,(H,69,72)/b20-18-. The highest BCUT2D eigenvalue weighted by Gasteiger charge is 2.20. The number of esters is 1. The van der Waals surface area contributed by atoms with E-state index in [0.29, 0.717) is 25.9 Å². The van der Waals surface area contributed by atoms with E-state index in [1.807, 2.05) is 0 Å². The van der Waals surface area contributed by atoms with E-state index in [9.17, 15) is 19.8 Å². The highest BCUT2D eigenvalue weighted by molar-refractivity contribution is 5.76. The number of allylic oxidation sites excluding steroid dienone is 2. The average molecular weight is 1040 g/mol. The van der Waals surface area contributed by atoms with E-state index in [1.54, 1.807) is 0 Å². The van der Waals surface area contributed by atoms with Gasteiger partial charge >= 0.3 is 5.97 Å². The van der Waals surface area contributed by atoms with E-state index in [1.165, 1.54) is 315 Å². The summed E-state index contributed by atoms with van der Waals surface area (Å²) in [6.45, 7) is 4.97. The quantitative estimate of drug-likeness (QED) is 0.0320. The number of carbonyl (C=O) groups excluding carboxylic acids is 2. The third-order valence-electron chi connectivity index (χ3n) is 16.1. The second kappa shape index (κ2) is 64.1. The maximum absolute atomic E-state index is 12.4. The first kappa shape index (κ1) is 72.6. The molecule has 0 heterocycles. The van der Waals surface area contributed by atoms with Gasteiger partial charge in [-0.1, -0.05) is 334 Å². The molecule has 0 aliphatic rings. The zero-order valence-corrected chi connectivity index (χ0v) is 50.4. The van der Waals surface area contributed by atoms with Crippen LogP contribution in [0.2, 0.25) is 0 Å². The molecule has 6 heteroatoms. The van der Waals surface area contributed by atoms with Crippen LogP contribution in [0.25, 0.3) is 0 Å². The Kier molecular flexibility index (Phi) is 62.9. The highest BCUT2D eigenvalue weighted by Crippen LogP contribution is 2.19. The van der Waals surface area contributed by atoms with Gasteiger partial charge < -0.3 is 20.3 Å². The van der Waals surface area contributed by atoms with Crippen LogP contribution in [0.4, 0.5) is 0 Å². The van der Waals surface area contributed by atoms with Gasteiger partial charge in [-0.2, -0.15) is 0 Å². The number of unbranched alkanes of at least 4 members (excludes halogenated alkanes) is 51. The van der Waals surface area contributed by atoms with Crippen LogP contribution in [-0.4, -0.2) is 47.4 Å². The number of hydrogen-bond donors (Lipinski definition) is 3. The van der Waals surface area contributed by atoms with Gasteiger partial charge in [-0.25, -0.2) is 0 Å². The fourth-order valence-electron chi connectivity index (χ4n) is 10.9. The lowest BCUT2D eigenvalue weighted by molar-refractivity contribution is -0.143. The summed E-state index contributed by atoms with van der Waals surface area (Å²) < 4.78 is 5.48. The molecule has 0 aliphatic heterocycles. The minimum absolute atomic E-state index is 0.0215. The molecule has 74 heavy (non-hydrogen) atoms. The summed E-state index contributed by atoms with van der Waals surface area (Å²) >= 11 is 0. The molecule has 0 saturated heterocycles. The van der Waals surface area contributed by atoms with E-state index in [2.05, 4.69) is 31.3 Å². The lowest BCUT2D eigenvalue weighted by Gasteiger charge is -2.22. The van der Waals surface area contributed by atoms with Crippen molar-refractivity contribution in [1.29, 1.82) is 0 Å². The molecule has 3 N–H and O–H groups in total. The Hall–Kier alpha value is -1.40. The summed E-state index contributed by atoms with van der Waals surface area (Å²) in [6.07, 6.45) is 78.5. The number of carbonyl (C=O) groups is 2. The first-order valence-corrected chi connectivity index (χ1v) is 33.9. The normalized spacial score (nSPS) is 12.5. The van der Waals surface area contributed by atoms with Crippen LogP contribution in [0.15, 0.2) is 12.2 Å². The maximum atomic E-state index is 12.4. The summed E-state index contributed by atoms with van der Waals surface area (Å²) in [5.41, 5.74) is 0. The van der Waals surface area contributed by atoms with Crippen LogP contribution in [0.5, 0.6) is 0 Å². The minimum atomic E-state index is -0.659. The zero-order valence-electron chi connectivity index (χ0n) is 50.4. The second-order valence-corrected chi connectivity index (χ2v) is 23.5. The Morgan fingerprint density at radius 2 is 0.635 bits per heavy atom. The van der Waals surface area contributed by atoms with Crippen LogP contribution >= 0.6 is 0 Å². The average Bonchev–Trinajstić information content (AvgIpc) is 3.40. The smallest absolute Gasteiger partial charge is 0.305 e. The molecule has 0 spiro atoms. The SMILES string of the molecule is CCCCCCCCCCCCCCC(=O)OCCCCCCCCCCCCCCCC/C=C\CCCCCCCCCCCCCCCCCCCC(=O)NC(CO)C(O)CCCCCCCCCCCC.